The minimum Gasteiger partial charge on any atom is -0.368 e. The van der Waals surface area contributed by atoms with Gasteiger partial charge < -0.3 is 15.6 Å². The number of aromatic nitrogens is 4. The van der Waals surface area contributed by atoms with E-state index in [1.807, 2.05) is 30.3 Å². The van der Waals surface area contributed by atoms with Crippen molar-refractivity contribution in [2.75, 3.05) is 36.5 Å². The van der Waals surface area contributed by atoms with Crippen LogP contribution >= 0.6 is 0 Å². The van der Waals surface area contributed by atoms with E-state index in [0.29, 0.717) is 25.3 Å². The number of hydrogen-bond donors (Lipinski definition) is 2. The van der Waals surface area contributed by atoms with Gasteiger partial charge >= 0.3 is 0 Å². The zero-order chi connectivity index (χ0) is 19.5. The Kier molecular flexibility index (Phi) is 3.81. The summed E-state index contributed by atoms with van der Waals surface area (Å²) in [6.07, 6.45) is 2.87. The van der Waals surface area contributed by atoms with E-state index in [0.717, 1.165) is 16.9 Å². The predicted molar refractivity (Wildman–Crippen MR) is 106 cm³/mol. The summed E-state index contributed by atoms with van der Waals surface area (Å²) in [5.41, 5.74) is 8.19. The van der Waals surface area contributed by atoms with E-state index in [4.69, 9.17) is 5.73 Å². The van der Waals surface area contributed by atoms with Crippen molar-refractivity contribution >= 4 is 33.0 Å². The van der Waals surface area contributed by atoms with Crippen LogP contribution in [-0.2, 0) is 10.0 Å². The van der Waals surface area contributed by atoms with Crippen LogP contribution in [0.4, 0.5) is 11.8 Å². The number of nitrogens with two attached hydrogens (primary N) is 1. The smallest absolute Gasteiger partial charge is 0.224 e. The minimum atomic E-state index is -3.30. The SMILES string of the molecule is CS(=O)(=O)N1C[C@H]2CN(c3nc(N)nc4nc[nH]c34)C[C@H]2[C@@H]1c1ccccc1. The summed E-state index contributed by atoms with van der Waals surface area (Å²) in [6, 6.07) is 9.68. The third-order valence-corrected chi connectivity index (χ3v) is 7.00. The molecule has 0 spiro atoms. The van der Waals surface area contributed by atoms with E-state index >= 15 is 0 Å². The first kappa shape index (κ1) is 17.4. The second-order valence-corrected chi connectivity index (χ2v) is 9.46. The molecule has 28 heavy (non-hydrogen) atoms. The lowest BCUT2D eigenvalue weighted by Gasteiger charge is -2.28. The topological polar surface area (TPSA) is 121 Å². The van der Waals surface area contributed by atoms with Gasteiger partial charge in [-0.25, -0.2) is 13.4 Å². The third kappa shape index (κ3) is 2.71. The molecule has 2 aliphatic heterocycles. The largest absolute Gasteiger partial charge is 0.368 e. The van der Waals surface area contributed by atoms with Gasteiger partial charge in [-0.15, -0.1) is 0 Å². The molecule has 0 amide bonds. The van der Waals surface area contributed by atoms with Crippen LogP contribution in [0.5, 0.6) is 0 Å². The monoisotopic (exact) mass is 399 g/mol. The van der Waals surface area contributed by atoms with Crippen LogP contribution in [0.2, 0.25) is 0 Å². The van der Waals surface area contributed by atoms with E-state index < -0.39 is 10.0 Å². The predicted octanol–water partition coefficient (Wildman–Crippen LogP) is 1.00. The zero-order valence-corrected chi connectivity index (χ0v) is 16.2. The number of hydrogen-bond acceptors (Lipinski definition) is 7. The number of aromatic amines is 1. The Hall–Kier alpha value is -2.72. The summed E-state index contributed by atoms with van der Waals surface area (Å²) >= 11 is 0. The highest BCUT2D eigenvalue weighted by Gasteiger charge is 2.50. The van der Waals surface area contributed by atoms with E-state index in [-0.39, 0.29) is 23.8 Å². The van der Waals surface area contributed by atoms with E-state index in [1.54, 1.807) is 10.6 Å². The fourth-order valence-corrected chi connectivity index (χ4v) is 5.80. The van der Waals surface area contributed by atoms with Crippen LogP contribution in [-0.4, -0.2) is 58.5 Å². The third-order valence-electron chi connectivity index (χ3n) is 5.77. The summed E-state index contributed by atoms with van der Waals surface area (Å²) in [7, 11) is -3.30. The van der Waals surface area contributed by atoms with Gasteiger partial charge in [0.15, 0.2) is 11.5 Å². The number of nitrogens with one attached hydrogen (secondary N) is 1. The number of nitrogens with zero attached hydrogens (tertiary/aromatic N) is 5. The molecule has 0 unspecified atom stereocenters. The van der Waals surface area contributed by atoms with Crippen LogP contribution in [0.1, 0.15) is 11.6 Å². The summed E-state index contributed by atoms with van der Waals surface area (Å²) in [5.74, 6) is 1.30. The summed E-state index contributed by atoms with van der Waals surface area (Å²) in [5, 5.41) is 0. The summed E-state index contributed by atoms with van der Waals surface area (Å²) in [4.78, 5) is 18.0. The van der Waals surface area contributed by atoms with Crippen LogP contribution in [0.15, 0.2) is 36.7 Å². The van der Waals surface area contributed by atoms with Crippen molar-refractivity contribution in [2.45, 2.75) is 6.04 Å². The molecule has 2 fully saturated rings. The fourth-order valence-electron chi connectivity index (χ4n) is 4.65. The van der Waals surface area contributed by atoms with Crippen molar-refractivity contribution in [1.29, 1.82) is 0 Å². The average Bonchev–Trinajstić information content (AvgIpc) is 3.34. The Labute approximate surface area is 162 Å². The summed E-state index contributed by atoms with van der Waals surface area (Å²) < 4.78 is 26.5. The van der Waals surface area contributed by atoms with Crippen molar-refractivity contribution in [3.05, 3.63) is 42.2 Å². The molecule has 2 aromatic heterocycles. The van der Waals surface area contributed by atoms with E-state index in [1.165, 1.54) is 6.26 Å². The molecule has 0 aliphatic carbocycles. The lowest BCUT2D eigenvalue weighted by molar-refractivity contribution is 0.352. The van der Waals surface area contributed by atoms with Crippen molar-refractivity contribution < 1.29 is 8.42 Å². The number of anilines is 2. The van der Waals surface area contributed by atoms with Crippen molar-refractivity contribution in [2.24, 2.45) is 11.8 Å². The number of rotatable bonds is 3. The van der Waals surface area contributed by atoms with Gasteiger partial charge in [0.2, 0.25) is 16.0 Å². The van der Waals surface area contributed by atoms with Gasteiger partial charge in [-0.1, -0.05) is 30.3 Å². The van der Waals surface area contributed by atoms with Crippen LogP contribution in [0, 0.1) is 11.8 Å². The molecule has 3 N–H and O–H groups in total. The quantitative estimate of drug-likeness (QED) is 0.674. The van der Waals surface area contributed by atoms with Crippen LogP contribution in [0.3, 0.4) is 0 Å². The second kappa shape index (κ2) is 6.14. The molecule has 1 aromatic carbocycles. The molecular formula is C18H21N7O2S. The molecule has 0 saturated carbocycles. The molecular weight excluding hydrogens is 378 g/mol. The lowest BCUT2D eigenvalue weighted by Crippen LogP contribution is -2.35. The number of fused-ring (bicyclic) bond motifs is 2. The first-order chi connectivity index (χ1) is 13.4. The molecule has 146 valence electrons. The molecule has 3 aromatic rings. The van der Waals surface area contributed by atoms with Gasteiger partial charge in [0, 0.05) is 25.6 Å². The fraction of sp³-hybridized carbons (Fsp3) is 0.389. The van der Waals surface area contributed by atoms with Gasteiger partial charge in [0.1, 0.15) is 5.52 Å². The first-order valence-electron chi connectivity index (χ1n) is 9.15. The van der Waals surface area contributed by atoms with Crippen molar-refractivity contribution in [1.82, 2.24) is 24.2 Å². The van der Waals surface area contributed by atoms with Crippen LogP contribution < -0.4 is 10.6 Å². The Bertz CT molecular complexity index is 1130. The van der Waals surface area contributed by atoms with Crippen molar-refractivity contribution in [3.63, 3.8) is 0 Å². The van der Waals surface area contributed by atoms with Gasteiger partial charge in [-0.3, -0.25) is 0 Å². The highest BCUT2D eigenvalue weighted by molar-refractivity contribution is 7.88. The Morgan fingerprint density at radius 1 is 1.14 bits per heavy atom. The molecule has 0 radical (unpaired) electrons. The number of benzene rings is 1. The molecule has 4 heterocycles. The molecule has 0 bridgehead atoms. The number of nitrogen functional groups attached to an aromatic ring is 1. The van der Waals surface area contributed by atoms with E-state index in [2.05, 4.69) is 24.8 Å². The average molecular weight is 399 g/mol. The lowest BCUT2D eigenvalue weighted by atomic mass is 9.90. The normalized spacial score (nSPS) is 25.5. The Morgan fingerprint density at radius 2 is 1.93 bits per heavy atom. The van der Waals surface area contributed by atoms with E-state index in [9.17, 15) is 8.42 Å². The van der Waals surface area contributed by atoms with Gasteiger partial charge in [0.05, 0.1) is 18.6 Å². The van der Waals surface area contributed by atoms with Gasteiger partial charge in [-0.05, 0) is 11.5 Å². The molecule has 9 nitrogen and oxygen atoms in total. The maximum absolute atomic E-state index is 12.4. The molecule has 10 heteroatoms. The summed E-state index contributed by atoms with van der Waals surface area (Å²) in [6.45, 7) is 1.91. The minimum absolute atomic E-state index is 0.172. The number of H-pyrrole nitrogens is 1. The Balaban J connectivity index is 1.53. The molecule has 3 atom stereocenters. The molecule has 2 aliphatic rings. The zero-order valence-electron chi connectivity index (χ0n) is 15.4. The maximum Gasteiger partial charge on any atom is 0.224 e. The second-order valence-electron chi connectivity index (χ2n) is 7.52. The standard InChI is InChI=1S/C18H21N7O2S/c1-28(26,27)25-8-12-7-24(9-13(12)15(25)11-5-3-2-4-6-11)17-14-16(21-10-20-14)22-18(19)23-17/h2-6,10,12-13,15H,7-9H2,1H3,(H3,19,20,21,22,23)/t12-,13-,15+/m1/s1. The van der Waals surface area contributed by atoms with Crippen molar-refractivity contribution in [3.8, 4) is 0 Å². The maximum atomic E-state index is 12.4. The first-order valence-corrected chi connectivity index (χ1v) is 11.0. The Morgan fingerprint density at radius 3 is 2.68 bits per heavy atom. The van der Waals surface area contributed by atoms with Crippen LogP contribution in [0.25, 0.3) is 11.2 Å². The van der Waals surface area contributed by atoms with Gasteiger partial charge in [-0.2, -0.15) is 14.3 Å². The number of sulfonamides is 1. The molecule has 5 rings (SSSR count). The highest BCUT2D eigenvalue weighted by atomic mass is 32.2. The van der Waals surface area contributed by atoms with Gasteiger partial charge in [0.25, 0.3) is 0 Å². The highest BCUT2D eigenvalue weighted by Crippen LogP contribution is 2.47. The molecule has 2 saturated heterocycles. The number of imidazole rings is 1.